The van der Waals surface area contributed by atoms with Gasteiger partial charge < -0.3 is 10.6 Å². The van der Waals surface area contributed by atoms with E-state index in [0.29, 0.717) is 22.9 Å². The van der Waals surface area contributed by atoms with E-state index in [1.165, 1.54) is 32.6 Å². The highest BCUT2D eigenvalue weighted by molar-refractivity contribution is 6.04. The number of carbonyl (C=O) groups is 2. The molecule has 124 valence electrons. The third-order valence-corrected chi connectivity index (χ3v) is 4.28. The van der Waals surface area contributed by atoms with E-state index in [1.54, 1.807) is 36.7 Å². The molecule has 1 aliphatic rings. The highest BCUT2D eigenvalue weighted by Crippen LogP contribution is 2.22. The molecule has 2 N–H and O–H groups in total. The number of nitrogens with zero attached hydrogens (tertiary/aromatic N) is 1. The number of rotatable bonds is 5. The molecule has 24 heavy (non-hydrogen) atoms. The lowest BCUT2D eigenvalue weighted by Gasteiger charge is -2.14. The Balaban J connectivity index is 1.66. The Morgan fingerprint density at radius 1 is 1.00 bits per heavy atom. The molecule has 0 bridgehead atoms. The number of benzene rings is 1. The molecule has 1 saturated carbocycles. The Morgan fingerprint density at radius 2 is 1.71 bits per heavy atom. The number of hydrogen-bond donors (Lipinski definition) is 2. The second-order valence-corrected chi connectivity index (χ2v) is 6.18. The normalized spacial score (nSPS) is 14.4. The first-order valence-electron chi connectivity index (χ1n) is 8.26. The van der Waals surface area contributed by atoms with Crippen LogP contribution in [0.3, 0.4) is 0 Å². The number of ketones is 1. The summed E-state index contributed by atoms with van der Waals surface area (Å²) in [5, 5.41) is 6.27. The number of pyridine rings is 1. The fourth-order valence-corrected chi connectivity index (χ4v) is 2.94. The van der Waals surface area contributed by atoms with Crippen LogP contribution in [0.5, 0.6) is 0 Å². The largest absolute Gasteiger partial charge is 0.381 e. The standard InChI is InChI=1S/C19H21N3O2/c1-13(23)14-6-8-17(9-7-14)22-19(24)15-10-18(12-20-11-15)21-16-4-2-3-5-16/h6-12,16,21H,2-5H2,1H3,(H,22,24). The quantitative estimate of drug-likeness (QED) is 0.819. The number of carbonyl (C=O) groups excluding carboxylic acids is 2. The summed E-state index contributed by atoms with van der Waals surface area (Å²) in [6.45, 7) is 1.52. The number of hydrogen-bond acceptors (Lipinski definition) is 4. The number of amides is 1. The predicted octanol–water partition coefficient (Wildman–Crippen LogP) is 3.89. The molecule has 3 rings (SSSR count). The molecular weight excluding hydrogens is 302 g/mol. The van der Waals surface area contributed by atoms with Crippen molar-refractivity contribution in [2.24, 2.45) is 0 Å². The molecule has 5 heteroatoms. The average Bonchev–Trinajstić information content (AvgIpc) is 3.08. The van der Waals surface area contributed by atoms with E-state index in [1.807, 2.05) is 6.07 Å². The van der Waals surface area contributed by atoms with Crippen molar-refractivity contribution in [3.63, 3.8) is 0 Å². The van der Waals surface area contributed by atoms with Gasteiger partial charge in [0.25, 0.3) is 5.91 Å². The van der Waals surface area contributed by atoms with Crippen LogP contribution < -0.4 is 10.6 Å². The van der Waals surface area contributed by atoms with E-state index in [-0.39, 0.29) is 11.7 Å². The first-order valence-corrected chi connectivity index (χ1v) is 8.26. The lowest BCUT2D eigenvalue weighted by atomic mass is 10.1. The van der Waals surface area contributed by atoms with Crippen LogP contribution >= 0.6 is 0 Å². The molecular formula is C19H21N3O2. The molecule has 0 unspecified atom stereocenters. The lowest BCUT2D eigenvalue weighted by molar-refractivity contribution is 0.101. The molecule has 1 heterocycles. The van der Waals surface area contributed by atoms with Crippen LogP contribution in [0.25, 0.3) is 0 Å². The predicted molar refractivity (Wildman–Crippen MR) is 94.5 cm³/mol. The van der Waals surface area contributed by atoms with Crippen LogP contribution in [-0.2, 0) is 0 Å². The summed E-state index contributed by atoms with van der Waals surface area (Å²) in [4.78, 5) is 27.8. The second-order valence-electron chi connectivity index (χ2n) is 6.18. The molecule has 0 radical (unpaired) electrons. The Kier molecular flexibility index (Phi) is 4.89. The summed E-state index contributed by atoms with van der Waals surface area (Å²) in [6.07, 6.45) is 8.14. The molecule has 0 atom stereocenters. The van der Waals surface area contributed by atoms with E-state index >= 15 is 0 Å². The molecule has 1 aliphatic carbocycles. The summed E-state index contributed by atoms with van der Waals surface area (Å²) in [6, 6.07) is 9.16. The molecule has 1 fully saturated rings. The van der Waals surface area contributed by atoms with Gasteiger partial charge in [-0.2, -0.15) is 0 Å². The molecule has 1 aromatic heterocycles. The summed E-state index contributed by atoms with van der Waals surface area (Å²) < 4.78 is 0. The first-order chi connectivity index (χ1) is 11.6. The molecule has 0 aliphatic heterocycles. The van der Waals surface area contributed by atoms with Gasteiger partial charge in [-0.3, -0.25) is 14.6 Å². The molecule has 0 saturated heterocycles. The molecule has 1 aromatic carbocycles. The van der Waals surface area contributed by atoms with Crippen molar-refractivity contribution in [3.05, 3.63) is 53.9 Å². The molecule has 5 nitrogen and oxygen atoms in total. The Hall–Kier alpha value is -2.69. The summed E-state index contributed by atoms with van der Waals surface area (Å²) >= 11 is 0. The van der Waals surface area contributed by atoms with Gasteiger partial charge in [-0.05, 0) is 50.1 Å². The number of aromatic nitrogens is 1. The van der Waals surface area contributed by atoms with E-state index in [2.05, 4.69) is 15.6 Å². The maximum absolute atomic E-state index is 12.4. The van der Waals surface area contributed by atoms with Gasteiger partial charge in [-0.1, -0.05) is 12.8 Å². The fraction of sp³-hybridized carbons (Fsp3) is 0.316. The minimum absolute atomic E-state index is 0.00256. The first kappa shape index (κ1) is 16.2. The smallest absolute Gasteiger partial charge is 0.257 e. The van der Waals surface area contributed by atoms with E-state index in [9.17, 15) is 9.59 Å². The van der Waals surface area contributed by atoms with Gasteiger partial charge >= 0.3 is 0 Å². The third kappa shape index (κ3) is 3.98. The van der Waals surface area contributed by atoms with Crippen molar-refractivity contribution in [1.29, 1.82) is 0 Å². The average molecular weight is 323 g/mol. The zero-order valence-electron chi connectivity index (χ0n) is 13.7. The topological polar surface area (TPSA) is 71.1 Å². The van der Waals surface area contributed by atoms with Crippen molar-refractivity contribution in [2.75, 3.05) is 10.6 Å². The minimum Gasteiger partial charge on any atom is -0.381 e. The van der Waals surface area contributed by atoms with Crippen LogP contribution in [0.15, 0.2) is 42.7 Å². The molecule has 0 spiro atoms. The van der Waals surface area contributed by atoms with Gasteiger partial charge in [0.2, 0.25) is 0 Å². The van der Waals surface area contributed by atoms with Gasteiger partial charge in [0, 0.05) is 29.7 Å². The van der Waals surface area contributed by atoms with Crippen molar-refractivity contribution >= 4 is 23.1 Å². The van der Waals surface area contributed by atoms with Crippen molar-refractivity contribution < 1.29 is 9.59 Å². The van der Waals surface area contributed by atoms with E-state index in [0.717, 1.165) is 5.69 Å². The highest BCUT2D eigenvalue weighted by Gasteiger charge is 2.15. The highest BCUT2D eigenvalue weighted by atomic mass is 16.1. The number of anilines is 2. The molecule has 2 aromatic rings. The van der Waals surface area contributed by atoms with Gasteiger partial charge in [0.1, 0.15) is 0 Å². The van der Waals surface area contributed by atoms with E-state index < -0.39 is 0 Å². The van der Waals surface area contributed by atoms with Crippen molar-refractivity contribution in [1.82, 2.24) is 4.98 Å². The van der Waals surface area contributed by atoms with Gasteiger partial charge in [0.15, 0.2) is 5.78 Å². The monoisotopic (exact) mass is 323 g/mol. The number of Topliss-reactive ketones (excluding diaryl/α,β-unsaturated/α-hetero) is 1. The van der Waals surface area contributed by atoms with Crippen LogP contribution in [0.4, 0.5) is 11.4 Å². The summed E-state index contributed by atoms with van der Waals surface area (Å²) in [7, 11) is 0. The van der Waals surface area contributed by atoms with Crippen molar-refractivity contribution in [2.45, 2.75) is 38.6 Å². The van der Waals surface area contributed by atoms with Crippen LogP contribution in [-0.4, -0.2) is 22.7 Å². The van der Waals surface area contributed by atoms with Crippen molar-refractivity contribution in [3.8, 4) is 0 Å². The van der Waals surface area contributed by atoms with E-state index in [4.69, 9.17) is 0 Å². The summed E-state index contributed by atoms with van der Waals surface area (Å²) in [5.41, 5.74) is 2.66. The third-order valence-electron chi connectivity index (χ3n) is 4.28. The SMILES string of the molecule is CC(=O)c1ccc(NC(=O)c2cncc(NC3CCCC3)c2)cc1. The lowest BCUT2D eigenvalue weighted by Crippen LogP contribution is -2.16. The Labute approximate surface area is 141 Å². The van der Waals surface area contributed by atoms with Crippen LogP contribution in [0, 0.1) is 0 Å². The zero-order chi connectivity index (χ0) is 16.9. The Bertz CT molecular complexity index is 735. The summed E-state index contributed by atoms with van der Waals surface area (Å²) in [5.74, 6) is -0.212. The Morgan fingerprint density at radius 3 is 2.38 bits per heavy atom. The number of nitrogens with one attached hydrogen (secondary N) is 2. The maximum atomic E-state index is 12.4. The maximum Gasteiger partial charge on any atom is 0.257 e. The van der Waals surface area contributed by atoms with Crippen LogP contribution in [0.1, 0.15) is 53.3 Å². The van der Waals surface area contributed by atoms with Crippen LogP contribution in [0.2, 0.25) is 0 Å². The fourth-order valence-electron chi connectivity index (χ4n) is 2.94. The zero-order valence-corrected chi connectivity index (χ0v) is 13.7. The van der Waals surface area contributed by atoms with Gasteiger partial charge in [0.05, 0.1) is 11.3 Å². The second kappa shape index (κ2) is 7.25. The van der Waals surface area contributed by atoms with Gasteiger partial charge in [-0.25, -0.2) is 0 Å². The van der Waals surface area contributed by atoms with Gasteiger partial charge in [-0.15, -0.1) is 0 Å². The minimum atomic E-state index is -0.215. The molecule has 1 amide bonds.